The van der Waals surface area contributed by atoms with Crippen LogP contribution in [0.15, 0.2) is 30.3 Å². The average molecular weight is 292 g/mol. The van der Waals surface area contributed by atoms with Gasteiger partial charge in [-0.3, -0.25) is 0 Å². The molecule has 19 heavy (non-hydrogen) atoms. The first-order valence-electron chi connectivity index (χ1n) is 4.49. The van der Waals surface area contributed by atoms with Crippen molar-refractivity contribution >= 4 is 0 Å². The van der Waals surface area contributed by atoms with Gasteiger partial charge in [-0.15, -0.1) is 26.3 Å². The van der Waals surface area contributed by atoms with Crippen LogP contribution < -0.4 is 4.74 Å². The Kier molecular flexibility index (Phi) is 4.28. The number of rotatable bonds is 4. The molecule has 1 aromatic carbocycles. The molecule has 0 fully saturated rings. The second-order valence-electron chi connectivity index (χ2n) is 3.03. The second kappa shape index (κ2) is 5.23. The molecule has 0 amide bonds. The monoisotopic (exact) mass is 292 g/mol. The summed E-state index contributed by atoms with van der Waals surface area (Å²) in [7, 11) is 0. The molecule has 1 N–H and O–H groups in total. The molecule has 0 aliphatic rings. The number of aliphatic hydroxyl groups is 1. The van der Waals surface area contributed by atoms with Gasteiger partial charge in [0.2, 0.25) is 0 Å². The van der Waals surface area contributed by atoms with Crippen LogP contribution in [-0.4, -0.2) is 24.0 Å². The van der Waals surface area contributed by atoms with Gasteiger partial charge in [-0.2, -0.15) is 9.47 Å². The Hall–Kier alpha value is -1.52. The van der Waals surface area contributed by atoms with Gasteiger partial charge in [-0.05, 0) is 12.1 Å². The van der Waals surface area contributed by atoms with Crippen LogP contribution in [-0.2, 0) is 9.47 Å². The fourth-order valence-electron chi connectivity index (χ4n) is 0.992. The number of hydrogen-bond acceptors (Lipinski definition) is 4. The molecule has 0 bridgehead atoms. The molecule has 1 aromatic rings. The van der Waals surface area contributed by atoms with Crippen molar-refractivity contribution in [1.29, 1.82) is 0 Å². The van der Waals surface area contributed by atoms with Gasteiger partial charge in [0.05, 0.1) is 0 Å². The van der Waals surface area contributed by atoms with Crippen LogP contribution >= 0.6 is 0 Å². The van der Waals surface area contributed by atoms with Crippen molar-refractivity contribution in [2.24, 2.45) is 0 Å². The Bertz CT molecular complexity index is 385. The van der Waals surface area contributed by atoms with Gasteiger partial charge >= 0.3 is 18.9 Å². The molecular formula is C9H6F6O4. The summed E-state index contributed by atoms with van der Waals surface area (Å²) in [4.78, 5) is 0. The van der Waals surface area contributed by atoms with E-state index in [-0.39, 0.29) is 0 Å². The first-order valence-corrected chi connectivity index (χ1v) is 4.49. The van der Waals surface area contributed by atoms with Crippen LogP contribution in [0.3, 0.4) is 0 Å². The normalized spacial score (nSPS) is 13.4. The van der Waals surface area contributed by atoms with E-state index in [1.807, 2.05) is 0 Å². The highest BCUT2D eigenvalue weighted by atomic mass is 19.4. The van der Waals surface area contributed by atoms with Gasteiger partial charge in [0.15, 0.2) is 0 Å². The summed E-state index contributed by atoms with van der Waals surface area (Å²) in [6.45, 7) is 0. The zero-order valence-corrected chi connectivity index (χ0v) is 8.83. The van der Waals surface area contributed by atoms with Crippen LogP contribution in [0.1, 0.15) is 0 Å². The fourth-order valence-corrected chi connectivity index (χ4v) is 0.992. The smallest absolute Gasteiger partial charge is 0.416 e. The highest BCUT2D eigenvalue weighted by molar-refractivity contribution is 5.21. The van der Waals surface area contributed by atoms with Crippen molar-refractivity contribution in [3.05, 3.63) is 30.3 Å². The molecule has 0 radical (unpaired) electrons. The van der Waals surface area contributed by atoms with E-state index >= 15 is 0 Å². The van der Waals surface area contributed by atoms with Crippen molar-refractivity contribution in [3.63, 3.8) is 0 Å². The van der Waals surface area contributed by atoms with E-state index in [1.165, 1.54) is 18.2 Å². The zero-order chi connectivity index (χ0) is 14.7. The summed E-state index contributed by atoms with van der Waals surface area (Å²) < 4.78 is 81.1. The third-order valence-electron chi connectivity index (χ3n) is 1.48. The van der Waals surface area contributed by atoms with Crippen LogP contribution in [0, 0.1) is 0 Å². The maximum Gasteiger partial charge on any atom is 0.529 e. The Morgan fingerprint density at radius 2 is 1.21 bits per heavy atom. The van der Waals surface area contributed by atoms with E-state index in [4.69, 9.17) is 5.11 Å². The predicted molar refractivity (Wildman–Crippen MR) is 46.3 cm³/mol. The predicted octanol–water partition coefficient (Wildman–Crippen LogP) is 2.74. The summed E-state index contributed by atoms with van der Waals surface area (Å²) in [6.07, 6.45) is -15.6. The lowest BCUT2D eigenvalue weighted by Crippen LogP contribution is -2.49. The quantitative estimate of drug-likeness (QED) is 0.684. The van der Waals surface area contributed by atoms with Crippen LogP contribution in [0.2, 0.25) is 0 Å². The summed E-state index contributed by atoms with van der Waals surface area (Å²) in [5, 5.41) is 9.03. The molecule has 0 aliphatic carbocycles. The Morgan fingerprint density at radius 3 is 1.58 bits per heavy atom. The zero-order valence-electron chi connectivity index (χ0n) is 8.83. The van der Waals surface area contributed by atoms with Gasteiger partial charge in [-0.1, -0.05) is 18.2 Å². The van der Waals surface area contributed by atoms with Crippen molar-refractivity contribution in [3.8, 4) is 5.75 Å². The van der Waals surface area contributed by atoms with Crippen molar-refractivity contribution in [2.45, 2.75) is 18.9 Å². The number of ether oxygens (including phenoxy) is 3. The Labute approximate surface area is 102 Å². The highest BCUT2D eigenvalue weighted by Crippen LogP contribution is 2.32. The standard InChI is InChI=1S/C9H6F6O4/c10-7(11,12)18-9(16,19-8(13,14)15)17-6-4-2-1-3-5-6/h1-5,16H. The highest BCUT2D eigenvalue weighted by Gasteiger charge is 2.53. The van der Waals surface area contributed by atoms with Crippen LogP contribution in [0.25, 0.3) is 0 Å². The minimum Gasteiger partial charge on any atom is -0.416 e. The van der Waals surface area contributed by atoms with E-state index in [0.717, 1.165) is 12.1 Å². The second-order valence-corrected chi connectivity index (χ2v) is 3.03. The molecular weight excluding hydrogens is 286 g/mol. The summed E-state index contributed by atoms with van der Waals surface area (Å²) in [5.41, 5.74) is 0. The topological polar surface area (TPSA) is 47.9 Å². The fraction of sp³-hybridized carbons (Fsp3) is 0.333. The number of hydrogen-bond donors (Lipinski definition) is 1. The largest absolute Gasteiger partial charge is 0.529 e. The van der Waals surface area contributed by atoms with Crippen molar-refractivity contribution < 1.29 is 45.7 Å². The first-order chi connectivity index (χ1) is 8.49. The molecule has 0 aliphatic heterocycles. The molecule has 0 saturated heterocycles. The van der Waals surface area contributed by atoms with E-state index < -0.39 is 24.6 Å². The van der Waals surface area contributed by atoms with Gasteiger partial charge < -0.3 is 9.84 Å². The Balaban J connectivity index is 2.92. The third-order valence-corrected chi connectivity index (χ3v) is 1.48. The molecule has 0 atom stereocenters. The lowest BCUT2D eigenvalue weighted by Gasteiger charge is -2.28. The summed E-state index contributed by atoms with van der Waals surface area (Å²) in [6, 6.07) is 5.89. The number of halogens is 6. The average Bonchev–Trinajstić information content (AvgIpc) is 2.11. The molecule has 0 heterocycles. The lowest BCUT2D eigenvalue weighted by molar-refractivity contribution is -0.583. The SMILES string of the molecule is OC(Oc1ccccc1)(OC(F)(F)F)OC(F)(F)F. The molecule has 108 valence electrons. The summed E-state index contributed by atoms with van der Waals surface area (Å²) in [5.74, 6) is -0.529. The van der Waals surface area contributed by atoms with E-state index in [0.29, 0.717) is 0 Å². The first kappa shape index (κ1) is 15.5. The number of para-hydroxylation sites is 1. The van der Waals surface area contributed by atoms with Gasteiger partial charge in [0.1, 0.15) is 5.75 Å². The van der Waals surface area contributed by atoms with Gasteiger partial charge in [0, 0.05) is 0 Å². The van der Waals surface area contributed by atoms with Gasteiger partial charge in [0.25, 0.3) is 0 Å². The minimum atomic E-state index is -5.62. The number of alkyl halides is 6. The van der Waals surface area contributed by atoms with Crippen LogP contribution in [0.5, 0.6) is 5.75 Å². The van der Waals surface area contributed by atoms with Crippen molar-refractivity contribution in [2.75, 3.05) is 0 Å². The molecule has 0 saturated carbocycles. The maximum absolute atomic E-state index is 11.9. The molecule has 10 heteroatoms. The molecule has 0 unspecified atom stereocenters. The third kappa shape index (κ3) is 6.27. The number of benzene rings is 1. The van der Waals surface area contributed by atoms with E-state index in [2.05, 4.69) is 14.2 Å². The maximum atomic E-state index is 11.9. The molecule has 0 spiro atoms. The van der Waals surface area contributed by atoms with Crippen molar-refractivity contribution in [1.82, 2.24) is 0 Å². The lowest BCUT2D eigenvalue weighted by atomic mass is 10.3. The molecule has 1 rings (SSSR count). The minimum absolute atomic E-state index is 0.529. The van der Waals surface area contributed by atoms with Crippen LogP contribution in [0.4, 0.5) is 26.3 Å². The van der Waals surface area contributed by atoms with E-state index in [1.54, 1.807) is 0 Å². The van der Waals surface area contributed by atoms with E-state index in [9.17, 15) is 26.3 Å². The Morgan fingerprint density at radius 1 is 0.789 bits per heavy atom. The summed E-state index contributed by atoms with van der Waals surface area (Å²) >= 11 is 0. The molecule has 0 aromatic heterocycles. The molecule has 4 nitrogen and oxygen atoms in total. The van der Waals surface area contributed by atoms with Gasteiger partial charge in [-0.25, -0.2) is 0 Å².